The second kappa shape index (κ2) is 5.00. The zero-order valence-corrected chi connectivity index (χ0v) is 12.7. The topological polar surface area (TPSA) is 58.4 Å². The Morgan fingerprint density at radius 1 is 1.29 bits per heavy atom. The molecule has 0 bridgehead atoms. The molecular formula is C16H19N3OS. The highest BCUT2D eigenvalue weighted by atomic mass is 32.1. The summed E-state index contributed by atoms with van der Waals surface area (Å²) in [7, 11) is 0. The fourth-order valence-corrected chi connectivity index (χ4v) is 4.19. The number of fused-ring (bicyclic) bond motifs is 1. The molecule has 110 valence electrons. The van der Waals surface area contributed by atoms with E-state index >= 15 is 0 Å². The molecule has 1 saturated carbocycles. The molecule has 0 spiro atoms. The maximum atomic E-state index is 12.5. The fourth-order valence-electron chi connectivity index (χ4n) is 3.16. The third-order valence-electron chi connectivity index (χ3n) is 4.46. The Bertz CT molecular complexity index is 692. The lowest BCUT2D eigenvalue weighted by atomic mass is 10.2. The number of nitrogens with two attached hydrogens (primary N) is 1. The molecule has 1 unspecified atom stereocenters. The molecule has 0 radical (unpaired) electrons. The molecule has 4 rings (SSSR count). The minimum atomic E-state index is -0.0173. The van der Waals surface area contributed by atoms with Gasteiger partial charge in [-0.3, -0.25) is 9.69 Å². The highest BCUT2D eigenvalue weighted by molar-refractivity contribution is 7.21. The summed E-state index contributed by atoms with van der Waals surface area (Å²) in [6.45, 7) is 2.10. The summed E-state index contributed by atoms with van der Waals surface area (Å²) in [6, 6.07) is 8.96. The van der Waals surface area contributed by atoms with E-state index in [2.05, 4.69) is 10.2 Å². The molecule has 2 fully saturated rings. The molecule has 21 heavy (non-hydrogen) atoms. The highest BCUT2D eigenvalue weighted by Gasteiger charge is 2.35. The Morgan fingerprint density at radius 3 is 2.86 bits per heavy atom. The quantitative estimate of drug-likeness (QED) is 0.915. The van der Waals surface area contributed by atoms with E-state index in [0.29, 0.717) is 10.6 Å². The number of carbonyl (C=O) groups is 1. The van der Waals surface area contributed by atoms with Crippen LogP contribution in [0.2, 0.25) is 0 Å². The van der Waals surface area contributed by atoms with E-state index in [4.69, 9.17) is 5.73 Å². The van der Waals surface area contributed by atoms with E-state index in [1.54, 1.807) is 0 Å². The van der Waals surface area contributed by atoms with Crippen LogP contribution < -0.4 is 11.1 Å². The van der Waals surface area contributed by atoms with Crippen LogP contribution in [0.1, 0.15) is 28.9 Å². The minimum Gasteiger partial charge on any atom is -0.397 e. The van der Waals surface area contributed by atoms with Gasteiger partial charge in [0.15, 0.2) is 0 Å². The Labute approximate surface area is 127 Å². The molecule has 1 atom stereocenters. The van der Waals surface area contributed by atoms with Crippen molar-refractivity contribution in [3.05, 3.63) is 29.1 Å². The third-order valence-corrected chi connectivity index (χ3v) is 5.64. The average molecular weight is 301 g/mol. The first-order valence-electron chi connectivity index (χ1n) is 7.54. The standard InChI is InChI=1S/C16H19N3OS/c17-14-12-3-1-2-4-13(12)21-15(14)16(20)18-10-7-8-19(9-10)11-5-6-11/h1-4,10-11H,5-9,17H2,(H,18,20). The van der Waals surface area contributed by atoms with E-state index in [1.165, 1.54) is 24.2 Å². The van der Waals surface area contributed by atoms with Gasteiger partial charge in [-0.25, -0.2) is 0 Å². The van der Waals surface area contributed by atoms with Crippen molar-refractivity contribution in [2.24, 2.45) is 0 Å². The monoisotopic (exact) mass is 301 g/mol. The number of hydrogen-bond donors (Lipinski definition) is 2. The molecule has 1 amide bonds. The minimum absolute atomic E-state index is 0.0173. The maximum absolute atomic E-state index is 12.5. The number of nitrogens with zero attached hydrogens (tertiary/aromatic N) is 1. The number of amides is 1. The van der Waals surface area contributed by atoms with E-state index in [9.17, 15) is 4.79 Å². The van der Waals surface area contributed by atoms with Crippen molar-refractivity contribution in [3.63, 3.8) is 0 Å². The van der Waals surface area contributed by atoms with Gasteiger partial charge in [0.2, 0.25) is 0 Å². The number of nitrogen functional groups attached to an aromatic ring is 1. The van der Waals surface area contributed by atoms with Crippen LogP contribution in [-0.2, 0) is 0 Å². The zero-order valence-electron chi connectivity index (χ0n) is 11.8. The van der Waals surface area contributed by atoms with E-state index in [1.807, 2.05) is 24.3 Å². The molecule has 3 N–H and O–H groups in total. The highest BCUT2D eigenvalue weighted by Crippen LogP contribution is 2.34. The van der Waals surface area contributed by atoms with Gasteiger partial charge in [0.1, 0.15) is 4.88 Å². The molecule has 1 saturated heterocycles. The summed E-state index contributed by atoms with van der Waals surface area (Å²) in [6.07, 6.45) is 3.70. The molecule has 1 aliphatic carbocycles. The summed E-state index contributed by atoms with van der Waals surface area (Å²) in [4.78, 5) is 15.6. The van der Waals surface area contributed by atoms with Crippen LogP contribution in [0.4, 0.5) is 5.69 Å². The Hall–Kier alpha value is -1.59. The molecule has 2 aliphatic rings. The second-order valence-corrected chi connectivity index (χ2v) is 7.08. The van der Waals surface area contributed by atoms with Crippen molar-refractivity contribution < 1.29 is 4.79 Å². The second-order valence-electron chi connectivity index (χ2n) is 6.03. The summed E-state index contributed by atoms with van der Waals surface area (Å²) < 4.78 is 1.08. The van der Waals surface area contributed by atoms with Gasteiger partial charge in [0, 0.05) is 35.3 Å². The van der Waals surface area contributed by atoms with Crippen LogP contribution in [0.15, 0.2) is 24.3 Å². The Kier molecular flexibility index (Phi) is 3.12. The predicted molar refractivity (Wildman–Crippen MR) is 86.7 cm³/mol. The zero-order chi connectivity index (χ0) is 14.4. The van der Waals surface area contributed by atoms with Gasteiger partial charge in [0.05, 0.1) is 5.69 Å². The number of thiophene rings is 1. The SMILES string of the molecule is Nc1c(C(=O)NC2CCN(C3CC3)C2)sc2ccccc12. The number of anilines is 1. The van der Waals surface area contributed by atoms with E-state index in [0.717, 1.165) is 35.6 Å². The molecule has 1 aromatic heterocycles. The number of benzene rings is 1. The van der Waals surface area contributed by atoms with Crippen molar-refractivity contribution in [1.82, 2.24) is 10.2 Å². The predicted octanol–water partition coefficient (Wildman–Crippen LogP) is 2.45. The summed E-state index contributed by atoms with van der Waals surface area (Å²) in [5, 5.41) is 4.14. The Balaban J connectivity index is 1.50. The maximum Gasteiger partial charge on any atom is 0.263 e. The molecular weight excluding hydrogens is 282 g/mol. The van der Waals surface area contributed by atoms with E-state index in [-0.39, 0.29) is 11.9 Å². The lowest BCUT2D eigenvalue weighted by Gasteiger charge is -2.15. The smallest absolute Gasteiger partial charge is 0.263 e. The summed E-state index contributed by atoms with van der Waals surface area (Å²) in [5.74, 6) is -0.0173. The summed E-state index contributed by atoms with van der Waals surface area (Å²) >= 11 is 1.48. The molecule has 2 heterocycles. The first-order valence-corrected chi connectivity index (χ1v) is 8.36. The van der Waals surface area contributed by atoms with Crippen LogP contribution >= 0.6 is 11.3 Å². The first-order chi connectivity index (χ1) is 10.2. The van der Waals surface area contributed by atoms with Crippen molar-refractivity contribution in [1.29, 1.82) is 0 Å². The van der Waals surface area contributed by atoms with Gasteiger partial charge in [-0.1, -0.05) is 18.2 Å². The number of hydrogen-bond acceptors (Lipinski definition) is 4. The molecule has 1 aliphatic heterocycles. The van der Waals surface area contributed by atoms with Crippen LogP contribution in [0.25, 0.3) is 10.1 Å². The van der Waals surface area contributed by atoms with Gasteiger partial charge in [-0.2, -0.15) is 0 Å². The number of nitrogens with one attached hydrogen (secondary N) is 1. The molecule has 4 nitrogen and oxygen atoms in total. The lowest BCUT2D eigenvalue weighted by molar-refractivity contribution is 0.0942. The van der Waals surface area contributed by atoms with Crippen LogP contribution in [0.5, 0.6) is 0 Å². The average Bonchev–Trinajstić information content (AvgIpc) is 3.15. The molecule has 2 aromatic rings. The van der Waals surface area contributed by atoms with E-state index < -0.39 is 0 Å². The van der Waals surface area contributed by atoms with Gasteiger partial charge >= 0.3 is 0 Å². The lowest BCUT2D eigenvalue weighted by Crippen LogP contribution is -2.37. The fraction of sp³-hybridized carbons (Fsp3) is 0.438. The number of carbonyl (C=O) groups excluding carboxylic acids is 1. The third kappa shape index (κ3) is 2.40. The number of rotatable bonds is 3. The van der Waals surface area contributed by atoms with Gasteiger partial charge in [-0.15, -0.1) is 11.3 Å². The van der Waals surface area contributed by atoms with Crippen LogP contribution in [0, 0.1) is 0 Å². The van der Waals surface area contributed by atoms with Gasteiger partial charge in [0.25, 0.3) is 5.91 Å². The summed E-state index contributed by atoms with van der Waals surface area (Å²) in [5.41, 5.74) is 6.75. The normalized spacial score (nSPS) is 22.8. The molecule has 1 aromatic carbocycles. The largest absolute Gasteiger partial charge is 0.397 e. The van der Waals surface area contributed by atoms with Crippen molar-refractivity contribution in [3.8, 4) is 0 Å². The Morgan fingerprint density at radius 2 is 2.10 bits per heavy atom. The van der Waals surface area contributed by atoms with Gasteiger partial charge in [-0.05, 0) is 25.3 Å². The van der Waals surface area contributed by atoms with Gasteiger partial charge < -0.3 is 11.1 Å². The van der Waals surface area contributed by atoms with Crippen LogP contribution in [-0.4, -0.2) is 36.0 Å². The van der Waals surface area contributed by atoms with Crippen molar-refractivity contribution in [2.45, 2.75) is 31.3 Å². The van der Waals surface area contributed by atoms with Crippen LogP contribution in [0.3, 0.4) is 0 Å². The van der Waals surface area contributed by atoms with Crippen molar-refractivity contribution in [2.75, 3.05) is 18.8 Å². The molecule has 5 heteroatoms. The number of likely N-dealkylation sites (tertiary alicyclic amines) is 1. The van der Waals surface area contributed by atoms with Crippen molar-refractivity contribution >= 4 is 33.0 Å². The first kappa shape index (κ1) is 13.1.